The number of aromatic amines is 1. The molecule has 3 rings (SSSR count). The molecule has 2 aromatic carbocycles. The largest absolute Gasteiger partial charge is 0.350 e. The first-order chi connectivity index (χ1) is 10.1. The number of hydrogen-bond donors (Lipinski definition) is 2. The number of aromatic nitrogens is 1. The molecule has 21 heavy (non-hydrogen) atoms. The van der Waals surface area contributed by atoms with Crippen LogP contribution in [0.4, 0.5) is 0 Å². The van der Waals surface area contributed by atoms with Gasteiger partial charge < -0.3 is 10.3 Å². The van der Waals surface area contributed by atoms with Crippen molar-refractivity contribution in [3.05, 3.63) is 70.9 Å². The van der Waals surface area contributed by atoms with Crippen molar-refractivity contribution < 1.29 is 4.79 Å². The van der Waals surface area contributed by atoms with Crippen molar-refractivity contribution in [2.45, 2.75) is 20.4 Å². The van der Waals surface area contributed by atoms with E-state index in [9.17, 15) is 4.79 Å². The van der Waals surface area contributed by atoms with E-state index in [1.165, 1.54) is 5.56 Å². The number of amides is 1. The lowest BCUT2D eigenvalue weighted by Gasteiger charge is -2.03. The van der Waals surface area contributed by atoms with Crippen LogP contribution in [-0.4, -0.2) is 10.9 Å². The van der Waals surface area contributed by atoms with Gasteiger partial charge in [0.1, 0.15) is 5.69 Å². The maximum atomic E-state index is 12.2. The SMILES string of the molecule is Cc1cc(C)c2[nH]c(C(=O)NCc3ccccc3)cc2c1. The Balaban J connectivity index is 1.80. The van der Waals surface area contributed by atoms with Crippen LogP contribution in [0, 0.1) is 13.8 Å². The summed E-state index contributed by atoms with van der Waals surface area (Å²) in [5.74, 6) is -0.0768. The molecule has 0 fully saturated rings. The van der Waals surface area contributed by atoms with E-state index >= 15 is 0 Å². The molecule has 3 aromatic rings. The zero-order chi connectivity index (χ0) is 14.8. The molecule has 0 bridgehead atoms. The second-order valence-electron chi connectivity index (χ2n) is 5.40. The van der Waals surface area contributed by atoms with Crippen molar-refractivity contribution in [1.29, 1.82) is 0 Å². The fourth-order valence-corrected chi connectivity index (χ4v) is 2.61. The fourth-order valence-electron chi connectivity index (χ4n) is 2.61. The van der Waals surface area contributed by atoms with Crippen LogP contribution in [0.5, 0.6) is 0 Å². The Labute approximate surface area is 124 Å². The molecule has 2 N–H and O–H groups in total. The number of carbonyl (C=O) groups is 1. The summed E-state index contributed by atoms with van der Waals surface area (Å²) in [4.78, 5) is 15.5. The van der Waals surface area contributed by atoms with Gasteiger partial charge in [-0.25, -0.2) is 0 Å². The minimum absolute atomic E-state index is 0.0768. The molecule has 1 amide bonds. The number of H-pyrrole nitrogens is 1. The lowest BCUT2D eigenvalue weighted by molar-refractivity contribution is 0.0947. The Hall–Kier alpha value is -2.55. The summed E-state index contributed by atoms with van der Waals surface area (Å²) in [5, 5.41) is 4.02. The van der Waals surface area contributed by atoms with Crippen LogP contribution < -0.4 is 5.32 Å². The Morgan fingerprint density at radius 2 is 1.86 bits per heavy atom. The minimum Gasteiger partial charge on any atom is -0.350 e. The third-order valence-corrected chi connectivity index (χ3v) is 3.61. The highest BCUT2D eigenvalue weighted by Gasteiger charge is 2.10. The normalized spacial score (nSPS) is 10.8. The zero-order valence-electron chi connectivity index (χ0n) is 12.2. The van der Waals surface area contributed by atoms with Crippen molar-refractivity contribution in [2.75, 3.05) is 0 Å². The molecule has 3 heteroatoms. The molecule has 0 unspecified atom stereocenters. The van der Waals surface area contributed by atoms with E-state index in [1.54, 1.807) is 0 Å². The Kier molecular flexibility index (Phi) is 3.48. The van der Waals surface area contributed by atoms with Gasteiger partial charge in [-0.15, -0.1) is 0 Å². The van der Waals surface area contributed by atoms with Gasteiger partial charge in [-0.2, -0.15) is 0 Å². The van der Waals surface area contributed by atoms with Crippen LogP contribution in [0.3, 0.4) is 0 Å². The number of fused-ring (bicyclic) bond motifs is 1. The molecule has 0 saturated heterocycles. The molecule has 3 nitrogen and oxygen atoms in total. The summed E-state index contributed by atoms with van der Waals surface area (Å²) in [5.41, 5.74) is 5.09. The first kappa shape index (κ1) is 13.4. The molecule has 1 aromatic heterocycles. The molecule has 106 valence electrons. The maximum Gasteiger partial charge on any atom is 0.267 e. The van der Waals surface area contributed by atoms with Gasteiger partial charge in [-0.1, -0.05) is 42.0 Å². The number of hydrogen-bond acceptors (Lipinski definition) is 1. The fraction of sp³-hybridized carbons (Fsp3) is 0.167. The van der Waals surface area contributed by atoms with Gasteiger partial charge in [-0.05, 0) is 37.1 Å². The highest BCUT2D eigenvalue weighted by Crippen LogP contribution is 2.21. The number of nitrogens with one attached hydrogen (secondary N) is 2. The molecule has 0 aliphatic rings. The van der Waals surface area contributed by atoms with Gasteiger partial charge in [-0.3, -0.25) is 4.79 Å². The molecule has 0 radical (unpaired) electrons. The van der Waals surface area contributed by atoms with Crippen molar-refractivity contribution in [3.8, 4) is 0 Å². The van der Waals surface area contributed by atoms with Crippen LogP contribution in [0.15, 0.2) is 48.5 Å². The third kappa shape index (κ3) is 2.82. The summed E-state index contributed by atoms with van der Waals surface area (Å²) in [6.07, 6.45) is 0. The van der Waals surface area contributed by atoms with Crippen LogP contribution in [-0.2, 0) is 6.54 Å². The van der Waals surface area contributed by atoms with Gasteiger partial charge in [0, 0.05) is 17.4 Å². The summed E-state index contributed by atoms with van der Waals surface area (Å²) >= 11 is 0. The lowest BCUT2D eigenvalue weighted by Crippen LogP contribution is -2.22. The average molecular weight is 278 g/mol. The number of carbonyl (C=O) groups excluding carboxylic acids is 1. The van der Waals surface area contributed by atoms with Crippen LogP contribution in [0.1, 0.15) is 27.2 Å². The van der Waals surface area contributed by atoms with Crippen molar-refractivity contribution in [3.63, 3.8) is 0 Å². The second kappa shape index (κ2) is 5.44. The van der Waals surface area contributed by atoms with Gasteiger partial charge in [0.2, 0.25) is 0 Å². The highest BCUT2D eigenvalue weighted by molar-refractivity contribution is 5.98. The summed E-state index contributed by atoms with van der Waals surface area (Å²) in [7, 11) is 0. The van der Waals surface area contributed by atoms with Crippen LogP contribution >= 0.6 is 0 Å². The Morgan fingerprint density at radius 1 is 1.10 bits per heavy atom. The van der Waals surface area contributed by atoms with Gasteiger partial charge in [0.05, 0.1) is 0 Å². The first-order valence-corrected chi connectivity index (χ1v) is 7.05. The lowest BCUT2D eigenvalue weighted by atomic mass is 10.1. The Morgan fingerprint density at radius 3 is 2.62 bits per heavy atom. The quantitative estimate of drug-likeness (QED) is 0.753. The molecule has 0 saturated carbocycles. The van der Waals surface area contributed by atoms with E-state index in [2.05, 4.69) is 36.3 Å². The maximum absolute atomic E-state index is 12.2. The zero-order valence-corrected chi connectivity index (χ0v) is 12.2. The monoisotopic (exact) mass is 278 g/mol. The molecule has 1 heterocycles. The van der Waals surface area contributed by atoms with E-state index < -0.39 is 0 Å². The predicted molar refractivity (Wildman–Crippen MR) is 85.4 cm³/mol. The van der Waals surface area contributed by atoms with Gasteiger partial charge in [0.25, 0.3) is 5.91 Å². The molecular formula is C18H18N2O. The van der Waals surface area contributed by atoms with Gasteiger partial charge >= 0.3 is 0 Å². The van der Waals surface area contributed by atoms with E-state index in [1.807, 2.05) is 36.4 Å². The van der Waals surface area contributed by atoms with E-state index in [0.717, 1.165) is 22.0 Å². The van der Waals surface area contributed by atoms with E-state index in [4.69, 9.17) is 0 Å². The van der Waals surface area contributed by atoms with Crippen molar-refractivity contribution in [1.82, 2.24) is 10.3 Å². The predicted octanol–water partition coefficient (Wildman–Crippen LogP) is 3.71. The first-order valence-electron chi connectivity index (χ1n) is 7.05. The topological polar surface area (TPSA) is 44.9 Å². The number of rotatable bonds is 3. The van der Waals surface area contributed by atoms with Crippen LogP contribution in [0.2, 0.25) is 0 Å². The minimum atomic E-state index is -0.0768. The van der Waals surface area contributed by atoms with Crippen molar-refractivity contribution >= 4 is 16.8 Å². The average Bonchev–Trinajstić information content (AvgIpc) is 2.90. The summed E-state index contributed by atoms with van der Waals surface area (Å²) < 4.78 is 0. The summed E-state index contributed by atoms with van der Waals surface area (Å²) in [6.45, 7) is 4.65. The van der Waals surface area contributed by atoms with E-state index in [-0.39, 0.29) is 5.91 Å². The van der Waals surface area contributed by atoms with Crippen LogP contribution in [0.25, 0.3) is 10.9 Å². The van der Waals surface area contributed by atoms with E-state index in [0.29, 0.717) is 12.2 Å². The van der Waals surface area contributed by atoms with Crippen molar-refractivity contribution in [2.24, 2.45) is 0 Å². The number of benzene rings is 2. The molecule has 0 spiro atoms. The molecule has 0 atom stereocenters. The second-order valence-corrected chi connectivity index (χ2v) is 5.40. The van der Waals surface area contributed by atoms with Gasteiger partial charge in [0.15, 0.2) is 0 Å². The Bertz CT molecular complexity index is 788. The highest BCUT2D eigenvalue weighted by atomic mass is 16.1. The third-order valence-electron chi connectivity index (χ3n) is 3.61. The standard InChI is InChI=1S/C18H18N2O/c1-12-8-13(2)17-15(9-12)10-16(20-17)18(21)19-11-14-6-4-3-5-7-14/h3-10,20H,11H2,1-2H3,(H,19,21). The molecule has 0 aliphatic carbocycles. The molecule has 0 aliphatic heterocycles. The number of aryl methyl sites for hydroxylation is 2. The smallest absolute Gasteiger partial charge is 0.267 e. The summed E-state index contributed by atoms with van der Waals surface area (Å²) in [6, 6.07) is 16.0. The molecular weight excluding hydrogens is 260 g/mol.